The van der Waals surface area contributed by atoms with Crippen LogP contribution in [-0.2, 0) is 14.4 Å². The van der Waals surface area contributed by atoms with Gasteiger partial charge >= 0.3 is 5.97 Å². The van der Waals surface area contributed by atoms with Crippen LogP contribution in [0.4, 0.5) is 0 Å². The number of hydrogen-bond donors (Lipinski definition) is 4. The Morgan fingerprint density at radius 2 is 2.00 bits per heavy atom. The van der Waals surface area contributed by atoms with E-state index in [0.29, 0.717) is 11.1 Å². The van der Waals surface area contributed by atoms with E-state index >= 15 is 0 Å². The van der Waals surface area contributed by atoms with Gasteiger partial charge in [0.1, 0.15) is 22.9 Å². The lowest BCUT2D eigenvalue weighted by molar-refractivity contribution is -0.146. The topological polar surface area (TPSA) is 133 Å². The van der Waals surface area contributed by atoms with Gasteiger partial charge in [-0.15, -0.1) is 11.8 Å². The minimum absolute atomic E-state index is 0.0683. The number of phenolic OH excluding ortho intramolecular Hbond substituents is 1. The minimum Gasteiger partial charge on any atom is -0.508 e. The van der Waals surface area contributed by atoms with E-state index in [1.165, 1.54) is 28.8 Å². The third-order valence-corrected chi connectivity index (χ3v) is 5.65. The molecule has 2 unspecified atom stereocenters. The van der Waals surface area contributed by atoms with Crippen molar-refractivity contribution in [2.75, 3.05) is 0 Å². The van der Waals surface area contributed by atoms with Crippen LogP contribution in [0.3, 0.4) is 0 Å². The molecule has 0 radical (unpaired) electrons. The predicted molar refractivity (Wildman–Crippen MR) is 90.1 cm³/mol. The average Bonchev–Trinajstić information content (AvgIpc) is 2.56. The number of nitrogens with two attached hydrogens (primary N) is 1. The fourth-order valence-electron chi connectivity index (χ4n) is 2.80. The van der Waals surface area contributed by atoms with Crippen molar-refractivity contribution in [1.82, 2.24) is 10.2 Å². The molecule has 2 aliphatic heterocycles. The predicted octanol–water partition coefficient (Wildman–Crippen LogP) is 0.498. The molecule has 0 spiro atoms. The zero-order valence-electron chi connectivity index (χ0n) is 13.3. The Hall–Kier alpha value is -2.52. The van der Waals surface area contributed by atoms with E-state index in [0.717, 1.165) is 0 Å². The van der Waals surface area contributed by atoms with Crippen LogP contribution in [0.2, 0.25) is 0 Å². The van der Waals surface area contributed by atoms with Gasteiger partial charge < -0.3 is 21.3 Å². The molecule has 1 aromatic carbocycles. The van der Waals surface area contributed by atoms with E-state index in [9.17, 15) is 24.6 Å². The first-order chi connectivity index (χ1) is 11.8. The zero-order valence-corrected chi connectivity index (χ0v) is 14.1. The van der Waals surface area contributed by atoms with E-state index in [-0.39, 0.29) is 29.1 Å². The van der Waals surface area contributed by atoms with Crippen LogP contribution < -0.4 is 11.1 Å². The first-order valence-electron chi connectivity index (χ1n) is 7.56. The van der Waals surface area contributed by atoms with Gasteiger partial charge in [-0.25, -0.2) is 4.79 Å². The summed E-state index contributed by atoms with van der Waals surface area (Å²) in [6, 6.07) is 5.01. The first-order valence-corrected chi connectivity index (χ1v) is 8.50. The molecule has 2 aliphatic rings. The Kier molecular flexibility index (Phi) is 4.44. The molecule has 132 valence electrons. The van der Waals surface area contributed by atoms with Crippen molar-refractivity contribution >= 4 is 29.5 Å². The standard InChI is InChI=1S/C16H17N3O5S/c1-7-13(16(23)24)19-10(21)6-11(19)25-15(7)18-14(22)12(17)8-2-4-9(20)5-3-8/h2-5,11-12,15,20H,6,17H2,1H3,(H,18,22)(H,23,24)/t11-,12?,15?/m1/s1. The summed E-state index contributed by atoms with van der Waals surface area (Å²) in [7, 11) is 0. The highest BCUT2D eigenvalue weighted by Gasteiger charge is 2.47. The van der Waals surface area contributed by atoms with Crippen LogP contribution in [0.1, 0.15) is 24.9 Å². The summed E-state index contributed by atoms with van der Waals surface area (Å²) in [5, 5.41) is 20.6. The number of carboxylic acids is 1. The van der Waals surface area contributed by atoms with Gasteiger partial charge in [-0.3, -0.25) is 14.5 Å². The summed E-state index contributed by atoms with van der Waals surface area (Å²) in [4.78, 5) is 36.8. The van der Waals surface area contributed by atoms with Crippen LogP contribution in [0.15, 0.2) is 35.5 Å². The third kappa shape index (κ3) is 3.08. The number of carbonyl (C=O) groups excluding carboxylic acids is 2. The number of aromatic hydroxyl groups is 1. The average molecular weight is 363 g/mol. The first kappa shape index (κ1) is 17.3. The number of amides is 2. The SMILES string of the molecule is CC1=C(C(=O)O)N2C(=O)C[C@H]2SC1NC(=O)C(N)c1ccc(O)cc1. The fraction of sp³-hybridized carbons (Fsp3) is 0.312. The number of phenols is 1. The number of benzene rings is 1. The smallest absolute Gasteiger partial charge is 0.352 e. The molecule has 1 fully saturated rings. The second kappa shape index (κ2) is 6.41. The zero-order chi connectivity index (χ0) is 18.3. The van der Waals surface area contributed by atoms with Crippen LogP contribution in [0.25, 0.3) is 0 Å². The molecule has 9 heteroatoms. The number of nitrogens with zero attached hydrogens (tertiary/aromatic N) is 1. The lowest BCUT2D eigenvalue weighted by Crippen LogP contribution is -2.57. The van der Waals surface area contributed by atoms with Gasteiger partial charge in [0.25, 0.3) is 0 Å². The number of β-lactam (4-membered cyclic amide) rings is 1. The van der Waals surface area contributed by atoms with Crippen molar-refractivity contribution in [2.45, 2.75) is 30.1 Å². The number of nitrogens with one attached hydrogen (secondary N) is 1. The summed E-state index contributed by atoms with van der Waals surface area (Å²) < 4.78 is 0. The number of aliphatic carboxylic acids is 1. The number of thioether (sulfide) groups is 1. The minimum atomic E-state index is -1.20. The van der Waals surface area contributed by atoms with Gasteiger partial charge in [-0.1, -0.05) is 12.1 Å². The monoisotopic (exact) mass is 363 g/mol. The number of carbonyl (C=O) groups is 3. The highest BCUT2D eigenvalue weighted by atomic mass is 32.2. The maximum Gasteiger partial charge on any atom is 0.352 e. The van der Waals surface area contributed by atoms with Gasteiger partial charge in [-0.05, 0) is 30.2 Å². The summed E-state index contributed by atoms with van der Waals surface area (Å²) in [5.41, 5.74) is 6.78. The van der Waals surface area contributed by atoms with E-state index in [2.05, 4.69) is 5.32 Å². The van der Waals surface area contributed by atoms with E-state index in [1.54, 1.807) is 19.1 Å². The van der Waals surface area contributed by atoms with Crippen molar-refractivity contribution in [1.29, 1.82) is 0 Å². The van der Waals surface area contributed by atoms with Gasteiger partial charge in [0.2, 0.25) is 11.8 Å². The molecule has 2 heterocycles. The molecule has 2 amide bonds. The molecule has 5 N–H and O–H groups in total. The maximum absolute atomic E-state index is 12.4. The van der Waals surface area contributed by atoms with Crippen LogP contribution in [-0.4, -0.2) is 43.6 Å². The Labute approximate surface area is 147 Å². The van der Waals surface area contributed by atoms with Crippen molar-refractivity contribution in [3.8, 4) is 5.75 Å². The van der Waals surface area contributed by atoms with Crippen molar-refractivity contribution in [3.05, 3.63) is 41.1 Å². The number of rotatable bonds is 4. The second-order valence-electron chi connectivity index (χ2n) is 5.85. The van der Waals surface area contributed by atoms with Gasteiger partial charge in [-0.2, -0.15) is 0 Å². The Morgan fingerprint density at radius 1 is 1.36 bits per heavy atom. The van der Waals surface area contributed by atoms with Gasteiger partial charge in [0, 0.05) is 0 Å². The number of carboxylic acid groups (broad SMARTS) is 1. The molecule has 25 heavy (non-hydrogen) atoms. The van der Waals surface area contributed by atoms with E-state index < -0.39 is 23.3 Å². The van der Waals surface area contributed by atoms with Gasteiger partial charge in [0.05, 0.1) is 11.8 Å². The molecule has 3 rings (SSSR count). The lowest BCUT2D eigenvalue weighted by atomic mass is 10.1. The van der Waals surface area contributed by atoms with Crippen molar-refractivity contribution < 1.29 is 24.6 Å². The molecule has 0 aliphatic carbocycles. The van der Waals surface area contributed by atoms with E-state index in [1.807, 2.05) is 0 Å². The van der Waals surface area contributed by atoms with E-state index in [4.69, 9.17) is 5.73 Å². The molecule has 1 saturated heterocycles. The normalized spacial score (nSPS) is 23.6. The lowest BCUT2D eigenvalue weighted by Gasteiger charge is -2.46. The summed E-state index contributed by atoms with van der Waals surface area (Å²) in [5.74, 6) is -1.83. The molecule has 8 nitrogen and oxygen atoms in total. The molecular formula is C16H17N3O5S. The molecular weight excluding hydrogens is 346 g/mol. The largest absolute Gasteiger partial charge is 0.508 e. The molecule has 0 saturated carbocycles. The maximum atomic E-state index is 12.4. The summed E-state index contributed by atoms with van der Waals surface area (Å²) in [6.45, 7) is 1.58. The highest BCUT2D eigenvalue weighted by Crippen LogP contribution is 2.43. The van der Waals surface area contributed by atoms with Crippen molar-refractivity contribution in [2.24, 2.45) is 5.73 Å². The highest BCUT2D eigenvalue weighted by molar-refractivity contribution is 8.00. The third-order valence-electron chi connectivity index (χ3n) is 4.22. The number of hydrogen-bond acceptors (Lipinski definition) is 6. The molecule has 3 atom stereocenters. The Morgan fingerprint density at radius 3 is 2.56 bits per heavy atom. The van der Waals surface area contributed by atoms with Crippen LogP contribution >= 0.6 is 11.8 Å². The van der Waals surface area contributed by atoms with Crippen molar-refractivity contribution in [3.63, 3.8) is 0 Å². The second-order valence-corrected chi connectivity index (χ2v) is 7.14. The van der Waals surface area contributed by atoms with Crippen LogP contribution in [0.5, 0.6) is 5.75 Å². The summed E-state index contributed by atoms with van der Waals surface area (Å²) >= 11 is 1.31. The molecule has 0 bridgehead atoms. The Bertz CT molecular complexity index is 776. The summed E-state index contributed by atoms with van der Waals surface area (Å²) in [6.07, 6.45) is 0.241. The number of fused-ring (bicyclic) bond motifs is 1. The van der Waals surface area contributed by atoms with Gasteiger partial charge in [0.15, 0.2) is 0 Å². The fourth-order valence-corrected chi connectivity index (χ4v) is 4.20. The molecule has 1 aromatic rings. The quantitative estimate of drug-likeness (QED) is 0.572. The molecule has 0 aromatic heterocycles. The van der Waals surface area contributed by atoms with Crippen LogP contribution in [0, 0.1) is 0 Å². The Balaban J connectivity index is 1.78.